The van der Waals surface area contributed by atoms with Crippen molar-refractivity contribution >= 4 is 17.5 Å². The number of ether oxygens (including phenoxy) is 3. The minimum absolute atomic E-state index is 0.00203. The van der Waals surface area contributed by atoms with Crippen LogP contribution >= 0.6 is 0 Å². The second-order valence-corrected chi connectivity index (χ2v) is 10.1. The maximum atomic E-state index is 13.5. The first-order valence-corrected chi connectivity index (χ1v) is 12.2. The summed E-state index contributed by atoms with van der Waals surface area (Å²) in [7, 11) is 1.53. The Hall–Kier alpha value is -3.48. The molecule has 0 bridgehead atoms. The van der Waals surface area contributed by atoms with Crippen LogP contribution in [0.2, 0.25) is 0 Å². The first-order chi connectivity index (χ1) is 17.1. The van der Waals surface area contributed by atoms with Crippen molar-refractivity contribution in [1.82, 2.24) is 0 Å². The van der Waals surface area contributed by atoms with Gasteiger partial charge in [0, 0.05) is 29.3 Å². The maximum Gasteiger partial charge on any atom is 0.315 e. The SMILES string of the molecule is CCOC(=O)C1C(C)=NC2=C(C(=O)CC(C)(C)C2)[C@H]1c1ccc(OCc2cccc(F)c2)c(OC)c1. The van der Waals surface area contributed by atoms with E-state index in [1.807, 2.05) is 13.0 Å². The summed E-state index contributed by atoms with van der Waals surface area (Å²) in [5.74, 6) is -1.05. The molecule has 6 nitrogen and oxygen atoms in total. The monoisotopic (exact) mass is 493 g/mol. The van der Waals surface area contributed by atoms with Gasteiger partial charge in [0.1, 0.15) is 18.3 Å². The van der Waals surface area contributed by atoms with Crippen LogP contribution in [0.15, 0.2) is 58.7 Å². The van der Waals surface area contributed by atoms with E-state index in [1.165, 1.54) is 19.2 Å². The third-order valence-corrected chi connectivity index (χ3v) is 6.67. The Labute approximate surface area is 211 Å². The van der Waals surface area contributed by atoms with E-state index in [0.29, 0.717) is 41.2 Å². The summed E-state index contributed by atoms with van der Waals surface area (Å²) < 4.78 is 30.5. The molecule has 2 aromatic rings. The van der Waals surface area contributed by atoms with E-state index in [0.717, 1.165) is 11.3 Å². The largest absolute Gasteiger partial charge is 0.493 e. The molecule has 0 saturated heterocycles. The number of Topliss-reactive ketones (excluding diaryl/α,β-unsaturated/α-hetero) is 1. The minimum Gasteiger partial charge on any atom is -0.493 e. The smallest absolute Gasteiger partial charge is 0.315 e. The van der Waals surface area contributed by atoms with Crippen molar-refractivity contribution in [2.75, 3.05) is 13.7 Å². The molecule has 0 saturated carbocycles. The lowest BCUT2D eigenvalue weighted by Gasteiger charge is -2.39. The average molecular weight is 494 g/mol. The van der Waals surface area contributed by atoms with Gasteiger partial charge in [0.05, 0.1) is 13.7 Å². The number of carbonyl (C=O) groups is 2. The number of rotatable bonds is 7. The molecule has 2 aliphatic rings. The standard InChI is InChI=1S/C29H32FNO5/c1-6-35-28(33)25-17(2)31-21-14-29(3,4)15-22(32)27(21)26(25)19-10-11-23(24(13-19)34-5)36-16-18-8-7-9-20(30)12-18/h7-13,25-26H,6,14-16H2,1-5H3/t25?,26-/m0/s1. The number of aliphatic imine (C=N–C) groups is 1. The highest BCUT2D eigenvalue weighted by atomic mass is 19.1. The van der Waals surface area contributed by atoms with Gasteiger partial charge in [-0.2, -0.15) is 0 Å². The van der Waals surface area contributed by atoms with Crippen molar-refractivity contribution in [3.63, 3.8) is 0 Å². The summed E-state index contributed by atoms with van der Waals surface area (Å²) in [5, 5.41) is 0. The lowest BCUT2D eigenvalue weighted by Crippen LogP contribution is -2.39. The summed E-state index contributed by atoms with van der Waals surface area (Å²) in [6.45, 7) is 8.09. The van der Waals surface area contributed by atoms with E-state index >= 15 is 0 Å². The predicted octanol–water partition coefficient (Wildman–Crippen LogP) is 5.79. The van der Waals surface area contributed by atoms with Gasteiger partial charge in [0.15, 0.2) is 17.3 Å². The fourth-order valence-electron chi connectivity index (χ4n) is 5.13. The van der Waals surface area contributed by atoms with E-state index in [2.05, 4.69) is 13.8 Å². The quantitative estimate of drug-likeness (QED) is 0.456. The number of halogens is 1. The molecule has 0 aromatic heterocycles. The van der Waals surface area contributed by atoms with Crippen LogP contribution in [-0.2, 0) is 20.9 Å². The van der Waals surface area contributed by atoms with Crippen LogP contribution in [0.4, 0.5) is 4.39 Å². The summed E-state index contributed by atoms with van der Waals surface area (Å²) in [6.07, 6.45) is 1.04. The van der Waals surface area contributed by atoms with Crippen molar-refractivity contribution < 1.29 is 28.2 Å². The fourth-order valence-corrected chi connectivity index (χ4v) is 5.13. The Kier molecular flexibility index (Phi) is 7.29. The molecule has 2 atom stereocenters. The van der Waals surface area contributed by atoms with Gasteiger partial charge >= 0.3 is 5.97 Å². The normalized spacial score (nSPS) is 20.9. The molecule has 1 aliphatic heterocycles. The van der Waals surface area contributed by atoms with Gasteiger partial charge in [-0.15, -0.1) is 0 Å². The van der Waals surface area contributed by atoms with Gasteiger partial charge in [-0.1, -0.05) is 32.0 Å². The third-order valence-electron chi connectivity index (χ3n) is 6.67. The molecule has 1 heterocycles. The van der Waals surface area contributed by atoms with E-state index in [-0.39, 0.29) is 30.2 Å². The molecule has 1 aliphatic carbocycles. The van der Waals surface area contributed by atoms with E-state index < -0.39 is 17.8 Å². The molecular weight excluding hydrogens is 461 g/mol. The zero-order valence-corrected chi connectivity index (χ0v) is 21.4. The van der Waals surface area contributed by atoms with Gasteiger partial charge in [-0.05, 0) is 61.1 Å². The highest BCUT2D eigenvalue weighted by molar-refractivity contribution is 6.09. The van der Waals surface area contributed by atoms with Crippen LogP contribution in [0.5, 0.6) is 11.5 Å². The van der Waals surface area contributed by atoms with Crippen molar-refractivity contribution in [3.05, 3.63) is 70.7 Å². The Morgan fingerprint density at radius 1 is 1.14 bits per heavy atom. The summed E-state index contributed by atoms with van der Waals surface area (Å²) in [5.41, 5.74) is 3.18. The summed E-state index contributed by atoms with van der Waals surface area (Å²) >= 11 is 0. The Bertz CT molecular complexity index is 1250. The molecule has 0 spiro atoms. The Balaban J connectivity index is 1.74. The van der Waals surface area contributed by atoms with Crippen molar-refractivity contribution in [2.24, 2.45) is 16.3 Å². The highest BCUT2D eigenvalue weighted by Gasteiger charge is 2.46. The van der Waals surface area contributed by atoms with Crippen molar-refractivity contribution in [1.29, 1.82) is 0 Å². The van der Waals surface area contributed by atoms with E-state index in [9.17, 15) is 14.0 Å². The predicted molar refractivity (Wildman–Crippen MR) is 135 cm³/mol. The van der Waals surface area contributed by atoms with Crippen LogP contribution < -0.4 is 9.47 Å². The van der Waals surface area contributed by atoms with Crippen LogP contribution in [0.1, 0.15) is 57.6 Å². The molecular formula is C29H32FNO5. The van der Waals surface area contributed by atoms with Gasteiger partial charge < -0.3 is 14.2 Å². The van der Waals surface area contributed by atoms with Gasteiger partial charge in [-0.25, -0.2) is 4.39 Å². The van der Waals surface area contributed by atoms with Crippen LogP contribution in [0.3, 0.4) is 0 Å². The Morgan fingerprint density at radius 2 is 1.92 bits per heavy atom. The van der Waals surface area contributed by atoms with Crippen molar-refractivity contribution in [3.8, 4) is 11.5 Å². The fraction of sp³-hybridized carbons (Fsp3) is 0.414. The molecule has 1 unspecified atom stereocenters. The first-order valence-electron chi connectivity index (χ1n) is 12.2. The summed E-state index contributed by atoms with van der Waals surface area (Å²) in [6, 6.07) is 11.6. The average Bonchev–Trinajstić information content (AvgIpc) is 2.81. The minimum atomic E-state index is -0.711. The molecule has 7 heteroatoms. The van der Waals surface area contributed by atoms with E-state index in [1.54, 1.807) is 31.2 Å². The number of methoxy groups -OCH3 is 1. The molecule has 0 fully saturated rings. The van der Waals surface area contributed by atoms with Gasteiger partial charge in [0.25, 0.3) is 0 Å². The zero-order valence-electron chi connectivity index (χ0n) is 21.4. The Morgan fingerprint density at radius 3 is 2.61 bits per heavy atom. The number of ketones is 1. The van der Waals surface area contributed by atoms with E-state index in [4.69, 9.17) is 19.2 Å². The highest BCUT2D eigenvalue weighted by Crippen LogP contribution is 2.49. The lowest BCUT2D eigenvalue weighted by atomic mass is 9.67. The lowest BCUT2D eigenvalue weighted by molar-refractivity contribution is -0.146. The van der Waals surface area contributed by atoms with Crippen molar-refractivity contribution in [2.45, 2.75) is 53.1 Å². The number of esters is 1. The molecule has 36 heavy (non-hydrogen) atoms. The molecule has 0 amide bonds. The molecule has 190 valence electrons. The number of hydrogen-bond acceptors (Lipinski definition) is 6. The topological polar surface area (TPSA) is 74.2 Å². The molecule has 0 N–H and O–H groups in total. The maximum absolute atomic E-state index is 13.5. The van der Waals surface area contributed by atoms with Crippen LogP contribution in [0, 0.1) is 17.2 Å². The number of hydrogen-bond donors (Lipinski definition) is 0. The number of carbonyl (C=O) groups excluding carboxylic acids is 2. The van der Waals surface area contributed by atoms with Crippen LogP contribution in [0.25, 0.3) is 0 Å². The van der Waals surface area contributed by atoms with Gasteiger partial charge in [-0.3, -0.25) is 14.6 Å². The number of allylic oxidation sites excluding steroid dienone is 2. The summed E-state index contributed by atoms with van der Waals surface area (Å²) in [4.78, 5) is 31.2. The third kappa shape index (κ3) is 5.20. The second kappa shape index (κ2) is 10.2. The van der Waals surface area contributed by atoms with Crippen LogP contribution in [-0.4, -0.2) is 31.2 Å². The molecule has 0 radical (unpaired) electrons. The molecule has 4 rings (SSSR count). The molecule has 2 aromatic carbocycles. The first kappa shape index (κ1) is 25.6. The second-order valence-electron chi connectivity index (χ2n) is 10.1. The number of nitrogens with zero attached hydrogens (tertiary/aromatic N) is 1. The van der Waals surface area contributed by atoms with Gasteiger partial charge in [0.2, 0.25) is 0 Å². The zero-order chi connectivity index (χ0) is 26.0. The number of benzene rings is 2.